The van der Waals surface area contributed by atoms with Gasteiger partial charge in [0.15, 0.2) is 0 Å². The van der Waals surface area contributed by atoms with Crippen LogP contribution in [0.3, 0.4) is 0 Å². The van der Waals surface area contributed by atoms with Crippen LogP contribution in [0.4, 0.5) is 0 Å². The van der Waals surface area contributed by atoms with E-state index in [1.165, 1.54) is 22.3 Å². The quantitative estimate of drug-likeness (QED) is 0.196. The smallest absolute Gasteiger partial charge is 0.126 e. The Morgan fingerprint density at radius 1 is 0.385 bits per heavy atom. The van der Waals surface area contributed by atoms with E-state index in [2.05, 4.69) is 132 Å². The van der Waals surface area contributed by atoms with Gasteiger partial charge in [-0.2, -0.15) is 0 Å². The van der Waals surface area contributed by atoms with Gasteiger partial charge in [-0.05, 0) is 102 Å². The molecular formula is C48H64O4. The number of aromatic hydroxyl groups is 2. The lowest BCUT2D eigenvalue weighted by Crippen LogP contribution is -2.16. The Morgan fingerprint density at radius 2 is 0.577 bits per heavy atom. The second-order valence-corrected chi connectivity index (χ2v) is 19.1. The van der Waals surface area contributed by atoms with Crippen molar-refractivity contribution in [1.82, 2.24) is 0 Å². The number of benzene rings is 4. The molecule has 0 radical (unpaired) electrons. The fourth-order valence-electron chi connectivity index (χ4n) is 7.31. The summed E-state index contributed by atoms with van der Waals surface area (Å²) in [6.07, 6.45) is 2.06. The van der Waals surface area contributed by atoms with Crippen LogP contribution in [0.1, 0.15) is 164 Å². The van der Waals surface area contributed by atoms with Crippen molar-refractivity contribution in [3.8, 4) is 23.0 Å². The fraction of sp³-hybridized carbons (Fsp3) is 0.500. The molecular weight excluding hydrogens is 641 g/mol. The van der Waals surface area contributed by atoms with Crippen molar-refractivity contribution in [2.45, 2.75) is 144 Å². The summed E-state index contributed by atoms with van der Waals surface area (Å²) in [6.45, 7) is 31.9. The van der Waals surface area contributed by atoms with Crippen LogP contribution < -0.4 is 9.47 Å². The molecule has 1 aliphatic carbocycles. The molecule has 0 spiro atoms. The zero-order valence-corrected chi connectivity index (χ0v) is 34.6. The van der Waals surface area contributed by atoms with Crippen LogP contribution >= 0.6 is 0 Å². The van der Waals surface area contributed by atoms with Crippen molar-refractivity contribution in [3.05, 3.63) is 115 Å². The van der Waals surface area contributed by atoms with Crippen LogP contribution in [0, 0.1) is 0 Å². The van der Waals surface area contributed by atoms with E-state index in [1.807, 2.05) is 13.8 Å². The maximum atomic E-state index is 12.2. The Kier molecular flexibility index (Phi) is 10.7. The van der Waals surface area contributed by atoms with Crippen molar-refractivity contribution in [2.75, 3.05) is 13.2 Å². The van der Waals surface area contributed by atoms with Crippen molar-refractivity contribution in [3.63, 3.8) is 0 Å². The molecule has 5 rings (SSSR count). The lowest BCUT2D eigenvalue weighted by atomic mass is 9.79. The average molecular weight is 705 g/mol. The van der Waals surface area contributed by atoms with E-state index in [0.717, 1.165) is 56.0 Å². The summed E-state index contributed by atoms with van der Waals surface area (Å²) in [5.41, 5.74) is 12.0. The Balaban J connectivity index is 1.95. The number of phenols is 2. The van der Waals surface area contributed by atoms with Gasteiger partial charge in [0.1, 0.15) is 23.0 Å². The molecule has 0 unspecified atom stereocenters. The fourth-order valence-corrected chi connectivity index (χ4v) is 7.31. The standard InChI is InChI=1S/C48H64O4/c1-15-51-43-33-17-29-21-37(45(3,4)5)23-31(41(29)49)19-35-27-40(48(12,13)14)28-36(44(35)52-16-2)20-32-24-38(46(6,7)8)22-30(42(32)50)18-34(43)26-39(25-33)47(9,10)11/h21-28,49-50H,15-20H2,1-14H3. The Morgan fingerprint density at radius 3 is 0.750 bits per heavy atom. The average Bonchev–Trinajstić information content (AvgIpc) is 3.01. The van der Waals surface area contributed by atoms with Gasteiger partial charge in [0.05, 0.1) is 13.2 Å². The van der Waals surface area contributed by atoms with E-state index in [0.29, 0.717) is 50.4 Å². The van der Waals surface area contributed by atoms with Gasteiger partial charge in [0.25, 0.3) is 0 Å². The van der Waals surface area contributed by atoms with Crippen LogP contribution in [0.15, 0.2) is 48.5 Å². The first-order valence-electron chi connectivity index (χ1n) is 19.3. The summed E-state index contributed by atoms with van der Waals surface area (Å²) >= 11 is 0. The molecule has 0 fully saturated rings. The van der Waals surface area contributed by atoms with Crippen molar-refractivity contribution < 1.29 is 19.7 Å². The van der Waals surface area contributed by atoms with E-state index >= 15 is 0 Å². The van der Waals surface area contributed by atoms with E-state index in [9.17, 15) is 10.2 Å². The van der Waals surface area contributed by atoms with E-state index in [-0.39, 0.29) is 21.7 Å². The minimum absolute atomic E-state index is 0.126. The van der Waals surface area contributed by atoms with Crippen molar-refractivity contribution in [1.29, 1.82) is 0 Å². The van der Waals surface area contributed by atoms with Crippen LogP contribution in [0.2, 0.25) is 0 Å². The molecule has 4 nitrogen and oxygen atoms in total. The molecule has 0 amide bonds. The molecule has 0 saturated heterocycles. The lowest BCUT2D eigenvalue weighted by Gasteiger charge is -2.28. The van der Waals surface area contributed by atoms with Crippen LogP contribution in [0.25, 0.3) is 0 Å². The zero-order valence-electron chi connectivity index (χ0n) is 34.6. The van der Waals surface area contributed by atoms with Crippen molar-refractivity contribution >= 4 is 0 Å². The molecule has 4 aromatic rings. The minimum atomic E-state index is -0.134. The topological polar surface area (TPSA) is 58.9 Å². The number of hydrogen-bond acceptors (Lipinski definition) is 4. The van der Waals surface area contributed by atoms with E-state index < -0.39 is 0 Å². The van der Waals surface area contributed by atoms with Gasteiger partial charge in [-0.1, -0.05) is 132 Å². The van der Waals surface area contributed by atoms with Gasteiger partial charge in [0, 0.05) is 25.7 Å². The summed E-state index contributed by atoms with van der Waals surface area (Å²) in [6, 6.07) is 17.8. The lowest BCUT2D eigenvalue weighted by molar-refractivity contribution is 0.333. The Bertz CT molecular complexity index is 1710. The second-order valence-electron chi connectivity index (χ2n) is 19.1. The molecule has 0 atom stereocenters. The molecule has 0 aromatic heterocycles. The van der Waals surface area contributed by atoms with Gasteiger partial charge in [-0.25, -0.2) is 0 Å². The summed E-state index contributed by atoms with van der Waals surface area (Å²) < 4.78 is 13.1. The molecule has 52 heavy (non-hydrogen) atoms. The molecule has 0 saturated carbocycles. The van der Waals surface area contributed by atoms with Gasteiger partial charge in [-0.3, -0.25) is 0 Å². The second kappa shape index (κ2) is 14.1. The monoisotopic (exact) mass is 704 g/mol. The summed E-state index contributed by atoms with van der Waals surface area (Å²) in [4.78, 5) is 0. The van der Waals surface area contributed by atoms with Gasteiger partial charge >= 0.3 is 0 Å². The Hall–Kier alpha value is -3.92. The first-order valence-corrected chi connectivity index (χ1v) is 19.3. The maximum Gasteiger partial charge on any atom is 0.126 e. The third-order valence-electron chi connectivity index (χ3n) is 10.6. The Labute approximate surface area is 314 Å². The highest BCUT2D eigenvalue weighted by Gasteiger charge is 2.28. The number of hydrogen-bond donors (Lipinski definition) is 2. The number of ether oxygens (including phenoxy) is 2. The van der Waals surface area contributed by atoms with Crippen LogP contribution in [-0.4, -0.2) is 23.4 Å². The maximum absolute atomic E-state index is 12.2. The molecule has 0 heterocycles. The van der Waals surface area contributed by atoms with Crippen LogP contribution in [0.5, 0.6) is 23.0 Å². The largest absolute Gasteiger partial charge is 0.507 e. The highest BCUT2D eigenvalue weighted by molar-refractivity contribution is 5.59. The third-order valence-corrected chi connectivity index (χ3v) is 10.6. The molecule has 2 N–H and O–H groups in total. The molecule has 1 aliphatic rings. The number of phenolic OH excluding ortho intramolecular Hbond substituents is 2. The number of fused-ring (bicyclic) bond motifs is 8. The molecule has 0 aliphatic heterocycles. The summed E-state index contributed by atoms with van der Waals surface area (Å²) in [5, 5.41) is 24.5. The SMILES string of the molecule is CCOc1c2cc(C(C)(C)C)cc1Cc1cc(C(C)(C)C)cc(c1O)Cc1cc(C(C)(C)C)cc(c1OCC)Cc1cc(C(C)(C)C)cc(c1O)C2. The molecule has 280 valence electrons. The first-order chi connectivity index (χ1) is 24.0. The normalized spacial score (nSPS) is 14.0. The molecule has 4 heteroatoms. The summed E-state index contributed by atoms with van der Waals surface area (Å²) in [7, 11) is 0. The highest BCUT2D eigenvalue weighted by atomic mass is 16.5. The molecule has 8 bridgehead atoms. The van der Waals surface area contributed by atoms with E-state index in [1.54, 1.807) is 0 Å². The predicted octanol–water partition coefficient (Wildman–Crippen LogP) is 11.8. The minimum Gasteiger partial charge on any atom is -0.507 e. The van der Waals surface area contributed by atoms with Crippen molar-refractivity contribution in [2.24, 2.45) is 0 Å². The third kappa shape index (κ3) is 8.32. The van der Waals surface area contributed by atoms with Crippen LogP contribution in [-0.2, 0) is 47.3 Å². The van der Waals surface area contributed by atoms with E-state index in [4.69, 9.17) is 9.47 Å². The first kappa shape index (κ1) is 39.3. The van der Waals surface area contributed by atoms with Gasteiger partial charge < -0.3 is 19.7 Å². The molecule has 4 aromatic carbocycles. The number of rotatable bonds is 4. The van der Waals surface area contributed by atoms with Gasteiger partial charge in [0.2, 0.25) is 0 Å². The zero-order chi connectivity index (χ0) is 38.6. The predicted molar refractivity (Wildman–Crippen MR) is 217 cm³/mol. The summed E-state index contributed by atoms with van der Waals surface area (Å²) in [5.74, 6) is 2.33. The highest BCUT2D eigenvalue weighted by Crippen LogP contribution is 2.43. The van der Waals surface area contributed by atoms with Gasteiger partial charge in [-0.15, -0.1) is 0 Å².